The van der Waals surface area contributed by atoms with Crippen LogP contribution < -0.4 is 0 Å². The van der Waals surface area contributed by atoms with Crippen LogP contribution in [0.5, 0.6) is 0 Å². The van der Waals surface area contributed by atoms with Gasteiger partial charge in [-0.15, -0.1) is 0 Å². The average molecular weight is 236 g/mol. The molecule has 0 radical (unpaired) electrons. The predicted octanol–water partition coefficient (Wildman–Crippen LogP) is 5.39. The van der Waals surface area contributed by atoms with Crippen LogP contribution in [-0.4, -0.2) is 0 Å². The van der Waals surface area contributed by atoms with Crippen molar-refractivity contribution in [3.8, 4) is 0 Å². The third-order valence-corrected chi connectivity index (χ3v) is 4.17. The fourth-order valence-electron chi connectivity index (χ4n) is 3.26. The van der Waals surface area contributed by atoms with Crippen LogP contribution in [0.2, 0.25) is 0 Å². The first-order valence-electron chi connectivity index (χ1n) is 7.01. The first kappa shape index (κ1) is 11.5. The zero-order chi connectivity index (χ0) is 12.5. The first-order chi connectivity index (χ1) is 8.81. The van der Waals surface area contributed by atoms with Crippen molar-refractivity contribution in [2.75, 3.05) is 0 Å². The molecule has 0 aromatic heterocycles. The molecule has 0 heterocycles. The lowest BCUT2D eigenvalue weighted by Crippen LogP contribution is -2.10. The SMILES string of the molecule is CCCC(C)C1C=Cc2cccc3cccc1c23. The van der Waals surface area contributed by atoms with Gasteiger partial charge in [-0.05, 0) is 27.8 Å². The number of rotatable bonds is 3. The molecule has 0 bridgehead atoms. The molecule has 3 rings (SSSR count). The molecule has 1 aliphatic rings. The molecule has 0 nitrogen and oxygen atoms in total. The van der Waals surface area contributed by atoms with E-state index in [4.69, 9.17) is 0 Å². The third-order valence-electron chi connectivity index (χ3n) is 4.17. The van der Waals surface area contributed by atoms with Gasteiger partial charge in [0, 0.05) is 5.92 Å². The molecule has 1 aliphatic carbocycles. The van der Waals surface area contributed by atoms with Gasteiger partial charge in [0.1, 0.15) is 0 Å². The summed E-state index contributed by atoms with van der Waals surface area (Å²) in [7, 11) is 0. The van der Waals surface area contributed by atoms with Gasteiger partial charge in [-0.3, -0.25) is 0 Å². The molecule has 2 atom stereocenters. The summed E-state index contributed by atoms with van der Waals surface area (Å²) in [6.45, 7) is 4.66. The quantitative estimate of drug-likeness (QED) is 0.670. The zero-order valence-electron chi connectivity index (χ0n) is 11.2. The molecule has 0 saturated heterocycles. The maximum absolute atomic E-state index is 2.40. The molecular weight excluding hydrogens is 216 g/mol. The molecule has 0 aliphatic heterocycles. The number of benzene rings is 2. The summed E-state index contributed by atoms with van der Waals surface area (Å²) in [5.74, 6) is 1.31. The maximum Gasteiger partial charge on any atom is 0.00533 e. The second kappa shape index (κ2) is 4.61. The summed E-state index contributed by atoms with van der Waals surface area (Å²) < 4.78 is 0. The Hall–Kier alpha value is -1.56. The molecule has 0 heteroatoms. The lowest BCUT2D eigenvalue weighted by Gasteiger charge is -2.26. The van der Waals surface area contributed by atoms with E-state index in [1.165, 1.54) is 34.7 Å². The molecule has 2 aromatic carbocycles. The van der Waals surface area contributed by atoms with Crippen molar-refractivity contribution in [2.24, 2.45) is 5.92 Å². The minimum atomic E-state index is 0.587. The second-order valence-corrected chi connectivity index (χ2v) is 5.44. The number of hydrogen-bond acceptors (Lipinski definition) is 0. The molecule has 0 N–H and O–H groups in total. The Morgan fingerprint density at radius 1 is 1.11 bits per heavy atom. The Labute approximate surface area is 109 Å². The average Bonchev–Trinajstić information content (AvgIpc) is 2.40. The smallest absolute Gasteiger partial charge is 0.00533 e. The van der Waals surface area contributed by atoms with Gasteiger partial charge in [-0.1, -0.05) is 75.2 Å². The Morgan fingerprint density at radius 3 is 2.67 bits per heavy atom. The van der Waals surface area contributed by atoms with Gasteiger partial charge in [-0.2, -0.15) is 0 Å². The Bertz CT molecular complexity index is 587. The van der Waals surface area contributed by atoms with Crippen LogP contribution in [0, 0.1) is 5.92 Å². The van der Waals surface area contributed by atoms with E-state index in [1.54, 1.807) is 0 Å². The summed E-state index contributed by atoms with van der Waals surface area (Å²) in [4.78, 5) is 0. The van der Waals surface area contributed by atoms with Crippen LogP contribution in [0.15, 0.2) is 42.5 Å². The zero-order valence-corrected chi connectivity index (χ0v) is 11.2. The lowest BCUT2D eigenvalue weighted by molar-refractivity contribution is 0.479. The van der Waals surface area contributed by atoms with E-state index in [-0.39, 0.29) is 0 Å². The van der Waals surface area contributed by atoms with Crippen molar-refractivity contribution in [3.05, 3.63) is 53.6 Å². The van der Waals surface area contributed by atoms with E-state index in [0.717, 1.165) is 5.92 Å². The standard InChI is InChI=1S/C18H20/c1-3-6-13(2)16-12-11-15-8-4-7-14-9-5-10-17(16)18(14)15/h4-5,7-13,16H,3,6H2,1-2H3. The summed E-state index contributed by atoms with van der Waals surface area (Å²) in [6, 6.07) is 13.3. The van der Waals surface area contributed by atoms with Crippen molar-refractivity contribution in [1.29, 1.82) is 0 Å². The van der Waals surface area contributed by atoms with Gasteiger partial charge in [0.2, 0.25) is 0 Å². The van der Waals surface area contributed by atoms with Crippen molar-refractivity contribution in [2.45, 2.75) is 32.6 Å². The van der Waals surface area contributed by atoms with E-state index in [0.29, 0.717) is 5.92 Å². The molecule has 0 fully saturated rings. The van der Waals surface area contributed by atoms with Crippen LogP contribution in [0.4, 0.5) is 0 Å². The Morgan fingerprint density at radius 2 is 1.89 bits per heavy atom. The minimum Gasteiger partial charge on any atom is -0.0761 e. The highest BCUT2D eigenvalue weighted by molar-refractivity contribution is 5.95. The molecule has 2 unspecified atom stereocenters. The van der Waals surface area contributed by atoms with E-state index in [1.807, 2.05) is 0 Å². The molecule has 0 spiro atoms. The van der Waals surface area contributed by atoms with Crippen molar-refractivity contribution in [1.82, 2.24) is 0 Å². The highest BCUT2D eigenvalue weighted by atomic mass is 14.3. The monoisotopic (exact) mass is 236 g/mol. The summed E-state index contributed by atoms with van der Waals surface area (Å²) >= 11 is 0. The Balaban J connectivity index is 2.15. The van der Waals surface area contributed by atoms with Crippen LogP contribution in [0.1, 0.15) is 43.7 Å². The fourth-order valence-corrected chi connectivity index (χ4v) is 3.26. The van der Waals surface area contributed by atoms with Crippen LogP contribution in [0.3, 0.4) is 0 Å². The van der Waals surface area contributed by atoms with Gasteiger partial charge < -0.3 is 0 Å². The fraction of sp³-hybridized carbons (Fsp3) is 0.333. The molecule has 0 amide bonds. The van der Waals surface area contributed by atoms with Crippen molar-refractivity contribution < 1.29 is 0 Å². The third kappa shape index (κ3) is 1.77. The van der Waals surface area contributed by atoms with Crippen LogP contribution >= 0.6 is 0 Å². The second-order valence-electron chi connectivity index (χ2n) is 5.44. The minimum absolute atomic E-state index is 0.587. The van der Waals surface area contributed by atoms with E-state index in [2.05, 4.69) is 62.4 Å². The summed E-state index contributed by atoms with van der Waals surface area (Å²) in [5, 5.41) is 2.85. The van der Waals surface area contributed by atoms with E-state index < -0.39 is 0 Å². The first-order valence-corrected chi connectivity index (χ1v) is 7.01. The summed E-state index contributed by atoms with van der Waals surface area (Å²) in [5.41, 5.74) is 2.90. The van der Waals surface area contributed by atoms with Crippen molar-refractivity contribution in [3.63, 3.8) is 0 Å². The largest absolute Gasteiger partial charge is 0.0761 e. The molecule has 92 valence electrons. The number of allylic oxidation sites excluding steroid dienone is 1. The molecule has 0 saturated carbocycles. The van der Waals surface area contributed by atoms with Gasteiger partial charge in [-0.25, -0.2) is 0 Å². The highest BCUT2D eigenvalue weighted by Gasteiger charge is 2.21. The maximum atomic E-state index is 2.40. The van der Waals surface area contributed by atoms with E-state index in [9.17, 15) is 0 Å². The Kier molecular flexibility index (Phi) is 2.95. The normalized spacial score (nSPS) is 19.1. The lowest BCUT2D eigenvalue weighted by atomic mass is 9.78. The summed E-state index contributed by atoms with van der Waals surface area (Å²) in [6.07, 6.45) is 7.28. The predicted molar refractivity (Wildman–Crippen MR) is 79.8 cm³/mol. The molecule has 18 heavy (non-hydrogen) atoms. The molecule has 2 aromatic rings. The van der Waals surface area contributed by atoms with Gasteiger partial charge in [0.25, 0.3) is 0 Å². The van der Waals surface area contributed by atoms with E-state index >= 15 is 0 Å². The van der Waals surface area contributed by atoms with Gasteiger partial charge in [0.15, 0.2) is 0 Å². The van der Waals surface area contributed by atoms with Gasteiger partial charge >= 0.3 is 0 Å². The van der Waals surface area contributed by atoms with Crippen LogP contribution in [0.25, 0.3) is 16.8 Å². The highest BCUT2D eigenvalue weighted by Crippen LogP contribution is 2.39. The van der Waals surface area contributed by atoms with Crippen LogP contribution in [-0.2, 0) is 0 Å². The van der Waals surface area contributed by atoms with Gasteiger partial charge in [0.05, 0.1) is 0 Å². The van der Waals surface area contributed by atoms with Crippen molar-refractivity contribution >= 4 is 16.8 Å². The number of hydrogen-bond donors (Lipinski definition) is 0. The topological polar surface area (TPSA) is 0 Å². The molecular formula is C18H20.